The van der Waals surface area contributed by atoms with E-state index >= 15 is 0 Å². The minimum absolute atomic E-state index is 0.336. The predicted octanol–water partition coefficient (Wildman–Crippen LogP) is 2.99. The summed E-state index contributed by atoms with van der Waals surface area (Å²) in [5.74, 6) is 0.860. The Morgan fingerprint density at radius 3 is 2.46 bits per heavy atom. The third-order valence-electron chi connectivity index (χ3n) is 4.86. The smallest absolute Gasteiger partial charge is 0.230 e. The van der Waals surface area contributed by atoms with Crippen LogP contribution in [0.1, 0.15) is 22.9 Å². The van der Waals surface area contributed by atoms with Crippen LogP contribution in [0.15, 0.2) is 52.9 Å². The first-order valence-electron chi connectivity index (χ1n) is 9.23. The molecule has 28 heavy (non-hydrogen) atoms. The molecule has 0 aliphatic carbocycles. The van der Waals surface area contributed by atoms with E-state index in [1.54, 1.807) is 12.1 Å². The van der Waals surface area contributed by atoms with Crippen molar-refractivity contribution in [3.63, 3.8) is 0 Å². The van der Waals surface area contributed by atoms with Crippen LogP contribution in [0, 0.1) is 17.1 Å². The highest BCUT2D eigenvalue weighted by Crippen LogP contribution is 2.22. The summed E-state index contributed by atoms with van der Waals surface area (Å²) in [6, 6.07) is 16.6. The largest absolute Gasteiger partial charge is 0.424 e. The molecule has 1 aromatic heterocycles. The molecule has 6 nitrogen and oxygen atoms in total. The van der Waals surface area contributed by atoms with Crippen molar-refractivity contribution >= 4 is 5.69 Å². The van der Waals surface area contributed by atoms with Crippen molar-refractivity contribution in [3.8, 4) is 6.07 Å². The lowest BCUT2D eigenvalue weighted by atomic mass is 10.2. The highest BCUT2D eigenvalue weighted by atomic mass is 19.1. The molecule has 7 heteroatoms. The zero-order valence-corrected chi connectivity index (χ0v) is 15.4. The summed E-state index contributed by atoms with van der Waals surface area (Å²) in [4.78, 5) is 4.22. The molecule has 1 aliphatic rings. The van der Waals surface area contributed by atoms with Crippen LogP contribution in [0.3, 0.4) is 0 Å². The predicted molar refractivity (Wildman–Crippen MR) is 102 cm³/mol. The third kappa shape index (κ3) is 4.18. The highest BCUT2D eigenvalue weighted by molar-refractivity contribution is 5.51. The summed E-state index contributed by atoms with van der Waals surface area (Å²) in [6.45, 7) is 3.54. The van der Waals surface area contributed by atoms with Crippen molar-refractivity contribution in [2.45, 2.75) is 13.0 Å². The van der Waals surface area contributed by atoms with Gasteiger partial charge in [-0.2, -0.15) is 5.26 Å². The van der Waals surface area contributed by atoms with E-state index in [1.165, 1.54) is 6.07 Å². The van der Waals surface area contributed by atoms with Gasteiger partial charge in [-0.05, 0) is 23.8 Å². The molecule has 3 aromatic rings. The number of aromatic nitrogens is 2. The van der Waals surface area contributed by atoms with Gasteiger partial charge in [0.1, 0.15) is 5.82 Å². The molecule has 1 aliphatic heterocycles. The Morgan fingerprint density at radius 2 is 1.75 bits per heavy atom. The fourth-order valence-corrected chi connectivity index (χ4v) is 3.37. The fraction of sp³-hybridized carbons (Fsp3) is 0.286. The summed E-state index contributed by atoms with van der Waals surface area (Å²) in [5.41, 5.74) is 2.01. The van der Waals surface area contributed by atoms with Crippen LogP contribution in [0.2, 0.25) is 0 Å². The molecule has 142 valence electrons. The number of nitrogens with zero attached hydrogens (tertiary/aromatic N) is 5. The van der Waals surface area contributed by atoms with Crippen LogP contribution in [0.4, 0.5) is 10.1 Å². The summed E-state index contributed by atoms with van der Waals surface area (Å²) < 4.78 is 20.0. The molecule has 1 fully saturated rings. The number of hydrogen-bond acceptors (Lipinski definition) is 6. The molecule has 0 amide bonds. The molecule has 0 bridgehead atoms. The second-order valence-electron chi connectivity index (χ2n) is 6.79. The van der Waals surface area contributed by atoms with E-state index < -0.39 is 0 Å². The molecule has 2 aromatic carbocycles. The third-order valence-corrected chi connectivity index (χ3v) is 4.86. The Bertz CT molecular complexity index is 974. The first kappa shape index (κ1) is 18.1. The maximum atomic E-state index is 14.2. The molecular weight excluding hydrogens is 357 g/mol. The number of hydrogen-bond donors (Lipinski definition) is 0. The second kappa shape index (κ2) is 8.19. The SMILES string of the molecule is N#Cc1ccc(N2CCN(Cc3nnc(Cc4ccccc4)o3)CC2)c(F)c1. The van der Waals surface area contributed by atoms with E-state index in [1.807, 2.05) is 41.3 Å². The van der Waals surface area contributed by atoms with E-state index in [-0.39, 0.29) is 5.82 Å². The summed E-state index contributed by atoms with van der Waals surface area (Å²) >= 11 is 0. The standard InChI is InChI=1S/C21H20FN5O/c22-18-12-17(14-23)6-7-19(18)27-10-8-26(9-11-27)15-21-25-24-20(28-21)13-16-4-2-1-3-5-16/h1-7,12H,8-11,13,15H2. The van der Waals surface area contributed by atoms with Gasteiger partial charge in [0.15, 0.2) is 0 Å². The summed E-state index contributed by atoms with van der Waals surface area (Å²) in [6.07, 6.45) is 0.625. The number of piperazine rings is 1. The maximum absolute atomic E-state index is 14.2. The van der Waals surface area contributed by atoms with Gasteiger partial charge in [0.2, 0.25) is 11.8 Å². The molecule has 1 saturated heterocycles. The number of anilines is 1. The lowest BCUT2D eigenvalue weighted by molar-refractivity contribution is 0.224. The van der Waals surface area contributed by atoms with E-state index in [0.717, 1.165) is 18.7 Å². The van der Waals surface area contributed by atoms with Gasteiger partial charge in [0.25, 0.3) is 0 Å². The zero-order chi connectivity index (χ0) is 19.3. The summed E-state index contributed by atoms with van der Waals surface area (Å²) in [5, 5.41) is 17.2. The summed E-state index contributed by atoms with van der Waals surface area (Å²) in [7, 11) is 0. The zero-order valence-electron chi connectivity index (χ0n) is 15.4. The van der Waals surface area contributed by atoms with Gasteiger partial charge in [0.05, 0.1) is 30.3 Å². The van der Waals surface area contributed by atoms with E-state index in [0.29, 0.717) is 49.1 Å². The number of nitriles is 1. The Balaban J connectivity index is 1.32. The van der Waals surface area contributed by atoms with Gasteiger partial charge in [-0.3, -0.25) is 4.90 Å². The molecular formula is C21H20FN5O. The highest BCUT2D eigenvalue weighted by Gasteiger charge is 2.21. The Labute approximate surface area is 162 Å². The molecule has 2 heterocycles. The van der Waals surface area contributed by atoms with E-state index in [2.05, 4.69) is 15.1 Å². The van der Waals surface area contributed by atoms with Gasteiger partial charge in [-0.1, -0.05) is 30.3 Å². The van der Waals surface area contributed by atoms with Crippen LogP contribution in [0.5, 0.6) is 0 Å². The van der Waals surface area contributed by atoms with Crippen LogP contribution in [-0.2, 0) is 13.0 Å². The number of rotatable bonds is 5. The van der Waals surface area contributed by atoms with E-state index in [4.69, 9.17) is 9.68 Å². The lowest BCUT2D eigenvalue weighted by Crippen LogP contribution is -2.46. The Morgan fingerprint density at radius 1 is 1.00 bits per heavy atom. The van der Waals surface area contributed by atoms with Crippen LogP contribution in [0.25, 0.3) is 0 Å². The number of halogens is 1. The maximum Gasteiger partial charge on any atom is 0.230 e. The van der Waals surface area contributed by atoms with Crippen molar-refractivity contribution in [2.24, 2.45) is 0 Å². The van der Waals surface area contributed by atoms with Crippen molar-refractivity contribution < 1.29 is 8.81 Å². The van der Waals surface area contributed by atoms with Crippen LogP contribution < -0.4 is 4.90 Å². The quantitative estimate of drug-likeness (QED) is 0.681. The van der Waals surface area contributed by atoms with Gasteiger partial charge >= 0.3 is 0 Å². The molecule has 0 atom stereocenters. The minimum atomic E-state index is -0.352. The molecule has 0 radical (unpaired) electrons. The fourth-order valence-electron chi connectivity index (χ4n) is 3.37. The number of benzene rings is 2. The molecule has 4 rings (SSSR count). The van der Waals surface area contributed by atoms with E-state index in [9.17, 15) is 4.39 Å². The van der Waals surface area contributed by atoms with Crippen molar-refractivity contribution in [3.05, 3.63) is 77.3 Å². The van der Waals surface area contributed by atoms with Gasteiger partial charge in [0, 0.05) is 26.2 Å². The van der Waals surface area contributed by atoms with Crippen LogP contribution >= 0.6 is 0 Å². The second-order valence-corrected chi connectivity index (χ2v) is 6.79. The first-order chi connectivity index (χ1) is 13.7. The lowest BCUT2D eigenvalue weighted by Gasteiger charge is -2.35. The van der Waals surface area contributed by atoms with Crippen molar-refractivity contribution in [2.75, 3.05) is 31.1 Å². The molecule has 0 unspecified atom stereocenters. The van der Waals surface area contributed by atoms with Gasteiger partial charge < -0.3 is 9.32 Å². The normalized spacial score (nSPS) is 14.8. The average molecular weight is 377 g/mol. The molecule has 0 spiro atoms. The monoisotopic (exact) mass is 377 g/mol. The molecule has 0 N–H and O–H groups in total. The molecule has 0 saturated carbocycles. The average Bonchev–Trinajstić information content (AvgIpc) is 3.16. The first-order valence-corrected chi connectivity index (χ1v) is 9.23. The van der Waals surface area contributed by atoms with Gasteiger partial charge in [-0.15, -0.1) is 10.2 Å². The Kier molecular flexibility index (Phi) is 5.31. The minimum Gasteiger partial charge on any atom is -0.424 e. The van der Waals surface area contributed by atoms with Crippen molar-refractivity contribution in [1.82, 2.24) is 15.1 Å². The Hall–Kier alpha value is -3.24. The van der Waals surface area contributed by atoms with Crippen LogP contribution in [-0.4, -0.2) is 41.3 Å². The van der Waals surface area contributed by atoms with Gasteiger partial charge in [-0.25, -0.2) is 4.39 Å². The topological polar surface area (TPSA) is 69.2 Å². The van der Waals surface area contributed by atoms with Crippen molar-refractivity contribution in [1.29, 1.82) is 5.26 Å².